The molecule has 214 valence electrons. The summed E-state index contributed by atoms with van der Waals surface area (Å²) in [6.07, 6.45) is 4.01. The number of pyridine rings is 2. The number of anilines is 5. The van der Waals surface area contributed by atoms with Gasteiger partial charge >= 0.3 is 12.0 Å². The summed E-state index contributed by atoms with van der Waals surface area (Å²) < 4.78 is 6.02. The van der Waals surface area contributed by atoms with Crippen LogP contribution < -0.4 is 25.2 Å². The van der Waals surface area contributed by atoms with Crippen LogP contribution in [-0.2, 0) is 6.42 Å². The summed E-state index contributed by atoms with van der Waals surface area (Å²) in [7, 11) is 1.74. The molecule has 3 heterocycles. The van der Waals surface area contributed by atoms with E-state index in [9.17, 15) is 14.4 Å². The van der Waals surface area contributed by atoms with Crippen LogP contribution in [0.4, 0.5) is 33.5 Å². The third-order valence-corrected chi connectivity index (χ3v) is 6.88. The Morgan fingerprint density at radius 1 is 0.976 bits per heavy atom. The lowest BCUT2D eigenvalue weighted by atomic mass is 10.1. The van der Waals surface area contributed by atoms with Gasteiger partial charge in [-0.05, 0) is 85.6 Å². The number of amides is 3. The fourth-order valence-corrected chi connectivity index (χ4v) is 4.72. The van der Waals surface area contributed by atoms with E-state index in [2.05, 4.69) is 20.6 Å². The van der Waals surface area contributed by atoms with Crippen molar-refractivity contribution in [2.24, 2.45) is 0 Å². The van der Waals surface area contributed by atoms with Gasteiger partial charge in [-0.1, -0.05) is 0 Å². The van der Waals surface area contributed by atoms with Crippen LogP contribution in [-0.4, -0.2) is 53.2 Å². The van der Waals surface area contributed by atoms with Crippen molar-refractivity contribution in [1.82, 2.24) is 9.97 Å². The predicted octanol–water partition coefficient (Wildman–Crippen LogP) is 5.50. The second-order valence-corrected chi connectivity index (χ2v) is 9.71. The van der Waals surface area contributed by atoms with Crippen molar-refractivity contribution in [3.05, 3.63) is 95.3 Å². The smallest absolute Gasteiger partial charge is 0.335 e. The van der Waals surface area contributed by atoms with Crippen LogP contribution in [0, 0.1) is 6.92 Å². The SMILES string of the molecule is CCN1c2ncc(CCOc3ccc(NC(=O)Nc4ccc(C(=O)O)cc4)cc3C)cc2C(=O)N(C)c2cccnc21. The van der Waals surface area contributed by atoms with Crippen molar-refractivity contribution >= 4 is 46.6 Å². The first-order chi connectivity index (χ1) is 20.2. The molecule has 0 spiro atoms. The number of aryl methyl sites for hydroxylation is 1. The topological polar surface area (TPSA) is 137 Å². The average molecular weight is 567 g/mol. The fourth-order valence-electron chi connectivity index (χ4n) is 4.72. The average Bonchev–Trinajstić information content (AvgIpc) is 3.07. The monoisotopic (exact) mass is 566 g/mol. The number of ether oxygens (including phenoxy) is 1. The highest BCUT2D eigenvalue weighted by atomic mass is 16.5. The van der Waals surface area contributed by atoms with Crippen LogP contribution in [0.2, 0.25) is 0 Å². The van der Waals surface area contributed by atoms with Gasteiger partial charge < -0.3 is 30.3 Å². The molecule has 2 aromatic heterocycles. The molecule has 42 heavy (non-hydrogen) atoms. The number of urea groups is 1. The maximum Gasteiger partial charge on any atom is 0.335 e. The van der Waals surface area contributed by atoms with Gasteiger partial charge in [0.25, 0.3) is 5.91 Å². The first-order valence-corrected chi connectivity index (χ1v) is 13.4. The first-order valence-electron chi connectivity index (χ1n) is 13.4. The summed E-state index contributed by atoms with van der Waals surface area (Å²) in [6, 6.07) is 16.3. The fraction of sp³-hybridized carbons (Fsp3) is 0.194. The molecule has 3 amide bonds. The van der Waals surface area contributed by atoms with Crippen molar-refractivity contribution in [3.63, 3.8) is 0 Å². The van der Waals surface area contributed by atoms with E-state index in [1.807, 2.05) is 36.9 Å². The first kappa shape index (κ1) is 28.1. The predicted molar refractivity (Wildman–Crippen MR) is 160 cm³/mol. The van der Waals surface area contributed by atoms with Crippen molar-refractivity contribution in [1.29, 1.82) is 0 Å². The third-order valence-electron chi connectivity index (χ3n) is 6.88. The normalized spacial score (nSPS) is 12.2. The Kier molecular flexibility index (Phi) is 8.00. The number of carbonyl (C=O) groups excluding carboxylic acids is 2. The molecule has 0 saturated heterocycles. The van der Waals surface area contributed by atoms with Crippen LogP contribution >= 0.6 is 0 Å². The highest BCUT2D eigenvalue weighted by Gasteiger charge is 2.30. The zero-order valence-electron chi connectivity index (χ0n) is 23.4. The molecule has 0 saturated carbocycles. The molecule has 2 aromatic carbocycles. The molecular formula is C31H30N6O5. The number of hydrogen-bond donors (Lipinski definition) is 3. The van der Waals surface area contributed by atoms with Crippen molar-refractivity contribution < 1.29 is 24.2 Å². The second kappa shape index (κ2) is 12.0. The van der Waals surface area contributed by atoms with Gasteiger partial charge in [-0.3, -0.25) is 4.79 Å². The Hall–Kier alpha value is -5.45. The minimum Gasteiger partial charge on any atom is -0.493 e. The number of rotatable bonds is 8. The van der Waals surface area contributed by atoms with Crippen molar-refractivity contribution in [2.45, 2.75) is 20.3 Å². The van der Waals surface area contributed by atoms with Crippen LogP contribution in [0.25, 0.3) is 0 Å². The quantitative estimate of drug-likeness (QED) is 0.254. The minimum absolute atomic E-state index is 0.137. The highest BCUT2D eigenvalue weighted by molar-refractivity contribution is 6.12. The number of carboxylic acids is 1. The summed E-state index contributed by atoms with van der Waals surface area (Å²) >= 11 is 0. The number of aromatic carboxylic acids is 1. The van der Waals surface area contributed by atoms with E-state index in [1.54, 1.807) is 42.5 Å². The van der Waals surface area contributed by atoms with Gasteiger partial charge in [0.1, 0.15) is 11.6 Å². The maximum absolute atomic E-state index is 13.3. The molecule has 11 heteroatoms. The Bertz CT molecular complexity index is 1660. The van der Waals surface area contributed by atoms with Crippen molar-refractivity contribution in [2.75, 3.05) is 40.6 Å². The van der Waals surface area contributed by atoms with E-state index in [4.69, 9.17) is 9.84 Å². The van der Waals surface area contributed by atoms with E-state index in [-0.39, 0.29) is 11.5 Å². The summed E-state index contributed by atoms with van der Waals surface area (Å²) in [5, 5.41) is 14.4. The number of nitrogens with zero attached hydrogens (tertiary/aromatic N) is 4. The van der Waals surface area contributed by atoms with Crippen molar-refractivity contribution in [3.8, 4) is 5.75 Å². The van der Waals surface area contributed by atoms with E-state index >= 15 is 0 Å². The Balaban J connectivity index is 1.20. The summed E-state index contributed by atoms with van der Waals surface area (Å²) in [6.45, 7) is 4.86. The maximum atomic E-state index is 13.3. The number of hydrogen-bond acceptors (Lipinski definition) is 7. The molecule has 0 atom stereocenters. The van der Waals surface area contributed by atoms with Gasteiger partial charge in [-0.15, -0.1) is 0 Å². The zero-order chi connectivity index (χ0) is 29.8. The molecule has 1 aliphatic heterocycles. The minimum atomic E-state index is -1.03. The Morgan fingerprint density at radius 3 is 2.43 bits per heavy atom. The lowest BCUT2D eigenvalue weighted by Crippen LogP contribution is -2.25. The lowest BCUT2D eigenvalue weighted by molar-refractivity contribution is 0.0696. The number of nitrogens with one attached hydrogen (secondary N) is 2. The molecule has 1 aliphatic rings. The van der Waals surface area contributed by atoms with Crippen LogP contribution in [0.3, 0.4) is 0 Å². The van der Waals surface area contributed by atoms with Crippen LogP contribution in [0.15, 0.2) is 73.1 Å². The number of aromatic nitrogens is 2. The molecule has 11 nitrogen and oxygen atoms in total. The van der Waals surface area contributed by atoms with Crippen LogP contribution in [0.1, 0.15) is 38.8 Å². The van der Waals surface area contributed by atoms with Gasteiger partial charge in [-0.2, -0.15) is 0 Å². The second-order valence-electron chi connectivity index (χ2n) is 9.71. The van der Waals surface area contributed by atoms with Gasteiger partial charge in [0, 0.05) is 43.8 Å². The van der Waals surface area contributed by atoms with Crippen LogP contribution in [0.5, 0.6) is 5.75 Å². The third kappa shape index (κ3) is 5.85. The Labute approximate surface area is 242 Å². The summed E-state index contributed by atoms with van der Waals surface area (Å²) in [5.41, 5.74) is 4.13. The van der Waals surface area contributed by atoms with Gasteiger partial charge in [0.15, 0.2) is 5.82 Å². The number of carboxylic acid groups (broad SMARTS) is 1. The molecule has 5 rings (SSSR count). The number of carbonyl (C=O) groups is 3. The number of benzene rings is 2. The standard InChI is InChI=1S/C31H30N6O5/c1-4-37-27-24(29(38)36(3)25-6-5-14-32-28(25)37)17-20(18-33-27)13-15-42-26-12-11-23(16-19(26)2)35-31(41)34-22-9-7-21(8-10-22)30(39)40/h5-12,14,16-18H,4,13,15H2,1-3H3,(H,39,40)(H2,34,35,41). The lowest BCUT2D eigenvalue weighted by Gasteiger charge is -2.22. The molecule has 0 bridgehead atoms. The molecule has 0 unspecified atom stereocenters. The van der Waals surface area contributed by atoms with E-state index < -0.39 is 12.0 Å². The molecule has 3 N–H and O–H groups in total. The zero-order valence-corrected chi connectivity index (χ0v) is 23.4. The van der Waals surface area contributed by atoms with E-state index in [0.29, 0.717) is 53.9 Å². The molecule has 0 radical (unpaired) electrons. The summed E-state index contributed by atoms with van der Waals surface area (Å²) in [4.78, 5) is 49.4. The van der Waals surface area contributed by atoms with E-state index in [1.165, 1.54) is 24.3 Å². The van der Waals surface area contributed by atoms with E-state index in [0.717, 1.165) is 16.8 Å². The van der Waals surface area contributed by atoms with Gasteiger partial charge in [0.2, 0.25) is 0 Å². The largest absolute Gasteiger partial charge is 0.493 e. The van der Waals surface area contributed by atoms with Gasteiger partial charge in [-0.25, -0.2) is 19.6 Å². The molecule has 4 aromatic rings. The van der Waals surface area contributed by atoms with Gasteiger partial charge in [0.05, 0.1) is 23.4 Å². The molecule has 0 fully saturated rings. The molecule has 0 aliphatic carbocycles. The number of fused-ring (bicyclic) bond motifs is 2. The Morgan fingerprint density at radius 2 is 1.71 bits per heavy atom. The summed E-state index contributed by atoms with van der Waals surface area (Å²) in [5.74, 6) is 0.761. The highest BCUT2D eigenvalue weighted by Crippen LogP contribution is 2.37. The molecular weight excluding hydrogens is 536 g/mol.